The van der Waals surface area contributed by atoms with E-state index in [0.717, 1.165) is 0 Å². The molecule has 1 amide bonds. The van der Waals surface area contributed by atoms with Gasteiger partial charge in [0.15, 0.2) is 11.2 Å². The van der Waals surface area contributed by atoms with Crippen LogP contribution in [0.4, 0.5) is 5.69 Å². The lowest BCUT2D eigenvalue weighted by Gasteiger charge is -2.11. The third-order valence-electron chi connectivity index (χ3n) is 3.04. The molecule has 0 aliphatic rings. The van der Waals surface area contributed by atoms with E-state index in [0.29, 0.717) is 32.2 Å². The molecule has 2 heterocycles. The first-order valence-corrected chi connectivity index (χ1v) is 7.55. The Labute approximate surface area is 132 Å². The molecule has 0 saturated carbocycles. The minimum absolute atomic E-state index is 0.157. The van der Waals surface area contributed by atoms with Gasteiger partial charge in [-0.15, -0.1) is 0 Å². The van der Waals surface area contributed by atoms with Gasteiger partial charge >= 0.3 is 5.63 Å². The number of carbonyl (C=O) groups excluding carboxylic acids is 1. The molecular weight excluding hydrogens is 389 g/mol. The van der Waals surface area contributed by atoms with Gasteiger partial charge in [-0.05, 0) is 12.1 Å². The quantitative estimate of drug-likeness (QED) is 0.416. The molecule has 3 aromatic rings. The first-order valence-electron chi connectivity index (χ1n) is 6.02. The molecule has 0 fully saturated rings. The van der Waals surface area contributed by atoms with Crippen molar-refractivity contribution in [2.24, 2.45) is 0 Å². The highest BCUT2D eigenvalue weighted by molar-refractivity contribution is 14.1. The number of alkyl halides is 1. The number of fused-ring (bicyclic) bond motifs is 2. The molecule has 3 rings (SSSR count). The van der Waals surface area contributed by atoms with Crippen molar-refractivity contribution in [3.63, 3.8) is 0 Å². The average molecular weight is 399 g/mol. The molecule has 1 aromatic carbocycles. The van der Waals surface area contributed by atoms with Crippen LogP contribution in [0, 0.1) is 0 Å². The fraction of sp³-hybridized carbons (Fsp3) is 0.143. The van der Waals surface area contributed by atoms with Crippen LogP contribution < -0.4 is 15.7 Å². The number of furan rings is 1. The van der Waals surface area contributed by atoms with E-state index < -0.39 is 5.63 Å². The van der Waals surface area contributed by atoms with Crippen LogP contribution in [0.3, 0.4) is 0 Å². The van der Waals surface area contributed by atoms with E-state index >= 15 is 0 Å². The lowest BCUT2D eigenvalue weighted by molar-refractivity contribution is -0.113. The van der Waals surface area contributed by atoms with Crippen molar-refractivity contribution >= 4 is 56.1 Å². The predicted octanol–water partition coefficient (Wildman–Crippen LogP) is 2.92. The molecule has 7 heteroatoms. The molecule has 2 aromatic heterocycles. The lowest BCUT2D eigenvalue weighted by Crippen LogP contribution is -2.13. The van der Waals surface area contributed by atoms with Crippen LogP contribution in [0.15, 0.2) is 38.1 Å². The third kappa shape index (κ3) is 2.27. The zero-order chi connectivity index (χ0) is 15.0. The summed E-state index contributed by atoms with van der Waals surface area (Å²) in [6.45, 7) is 0. The SMILES string of the molecule is COc1c2occc2c(NC(=O)CI)c2ccc(=O)oc12. The molecule has 0 unspecified atom stereocenters. The maximum Gasteiger partial charge on any atom is 0.336 e. The number of benzene rings is 1. The Kier molecular flexibility index (Phi) is 3.58. The Balaban J connectivity index is 2.45. The van der Waals surface area contributed by atoms with Crippen molar-refractivity contribution in [3.05, 3.63) is 34.9 Å². The molecule has 1 N–H and O–H groups in total. The van der Waals surface area contributed by atoms with E-state index in [9.17, 15) is 9.59 Å². The monoisotopic (exact) mass is 399 g/mol. The van der Waals surface area contributed by atoms with Gasteiger partial charge in [0.25, 0.3) is 0 Å². The Morgan fingerprint density at radius 3 is 2.76 bits per heavy atom. The van der Waals surface area contributed by atoms with Gasteiger partial charge in [-0.2, -0.15) is 0 Å². The Morgan fingerprint density at radius 2 is 2.05 bits per heavy atom. The van der Waals surface area contributed by atoms with Gasteiger partial charge in [-0.25, -0.2) is 4.79 Å². The smallest absolute Gasteiger partial charge is 0.336 e. The van der Waals surface area contributed by atoms with Crippen molar-refractivity contribution in [1.29, 1.82) is 0 Å². The highest BCUT2D eigenvalue weighted by atomic mass is 127. The Morgan fingerprint density at radius 1 is 1.29 bits per heavy atom. The van der Waals surface area contributed by atoms with Crippen molar-refractivity contribution in [3.8, 4) is 5.75 Å². The summed E-state index contributed by atoms with van der Waals surface area (Å²) in [7, 11) is 1.47. The minimum atomic E-state index is -0.502. The van der Waals surface area contributed by atoms with Gasteiger partial charge in [0, 0.05) is 16.8 Å². The number of hydrogen-bond acceptors (Lipinski definition) is 5. The van der Waals surface area contributed by atoms with Gasteiger partial charge in [0.2, 0.25) is 11.7 Å². The van der Waals surface area contributed by atoms with Crippen molar-refractivity contribution in [1.82, 2.24) is 0 Å². The van der Waals surface area contributed by atoms with E-state index in [1.807, 2.05) is 22.6 Å². The molecule has 6 nitrogen and oxygen atoms in total. The number of hydrogen-bond donors (Lipinski definition) is 1. The molecule has 0 atom stereocenters. The maximum atomic E-state index is 11.7. The zero-order valence-electron chi connectivity index (χ0n) is 10.9. The molecule has 0 aliphatic heterocycles. The molecule has 108 valence electrons. The van der Waals surface area contributed by atoms with Gasteiger partial charge < -0.3 is 18.9 Å². The molecule has 0 spiro atoms. The van der Waals surface area contributed by atoms with E-state index in [1.165, 1.54) is 19.4 Å². The van der Waals surface area contributed by atoms with Gasteiger partial charge in [-0.3, -0.25) is 4.79 Å². The van der Waals surface area contributed by atoms with E-state index in [-0.39, 0.29) is 11.5 Å². The number of rotatable bonds is 3. The van der Waals surface area contributed by atoms with Crippen LogP contribution in [0.2, 0.25) is 0 Å². The summed E-state index contributed by atoms with van der Waals surface area (Å²) in [5.41, 5.74) is 0.706. The second kappa shape index (κ2) is 5.40. The van der Waals surface area contributed by atoms with Crippen molar-refractivity contribution < 1.29 is 18.4 Å². The highest BCUT2D eigenvalue weighted by Crippen LogP contribution is 2.41. The Hall–Kier alpha value is -2.03. The maximum absolute atomic E-state index is 11.7. The molecule has 0 aliphatic carbocycles. The zero-order valence-corrected chi connectivity index (χ0v) is 13.1. The fourth-order valence-electron chi connectivity index (χ4n) is 2.21. The normalized spacial score (nSPS) is 11.0. The second-order valence-electron chi connectivity index (χ2n) is 4.25. The van der Waals surface area contributed by atoms with Crippen LogP contribution in [0.1, 0.15) is 0 Å². The van der Waals surface area contributed by atoms with E-state index in [1.54, 1.807) is 12.1 Å². The number of nitrogens with one attached hydrogen (secondary N) is 1. The second-order valence-corrected chi connectivity index (χ2v) is 5.01. The molecule has 0 radical (unpaired) electrons. The van der Waals surface area contributed by atoms with E-state index in [4.69, 9.17) is 13.6 Å². The lowest BCUT2D eigenvalue weighted by atomic mass is 10.1. The molecular formula is C14H10INO5. The minimum Gasteiger partial charge on any atom is -0.490 e. The number of halogens is 1. The topological polar surface area (TPSA) is 81.7 Å². The predicted molar refractivity (Wildman–Crippen MR) is 86.3 cm³/mol. The van der Waals surface area contributed by atoms with Crippen LogP contribution in [-0.4, -0.2) is 17.4 Å². The van der Waals surface area contributed by atoms with Crippen molar-refractivity contribution in [2.45, 2.75) is 0 Å². The van der Waals surface area contributed by atoms with Crippen LogP contribution in [0.25, 0.3) is 21.9 Å². The summed E-state index contributed by atoms with van der Waals surface area (Å²) in [5.74, 6) is 0.172. The number of ether oxygens (including phenoxy) is 1. The van der Waals surface area contributed by atoms with Gasteiger partial charge in [-0.1, -0.05) is 22.6 Å². The standard InChI is InChI=1S/C14H10INO5/c1-19-14-12-8(4-5-20-12)11(16-9(17)6-15)7-2-3-10(18)21-13(7)14/h2-5H,6H2,1H3,(H,16,17). The number of amides is 1. The largest absolute Gasteiger partial charge is 0.490 e. The Bertz CT molecular complexity index is 895. The number of anilines is 1. The van der Waals surface area contributed by atoms with Crippen LogP contribution >= 0.6 is 22.6 Å². The van der Waals surface area contributed by atoms with Gasteiger partial charge in [0.1, 0.15) is 0 Å². The summed E-state index contributed by atoms with van der Waals surface area (Å²) in [5, 5.41) is 4.08. The van der Waals surface area contributed by atoms with Gasteiger partial charge in [0.05, 0.1) is 23.5 Å². The number of carbonyl (C=O) groups is 1. The summed E-state index contributed by atoms with van der Waals surface area (Å²) >= 11 is 1.97. The first kappa shape index (κ1) is 13.9. The molecule has 0 saturated heterocycles. The molecule has 0 bridgehead atoms. The summed E-state index contributed by atoms with van der Waals surface area (Å²) < 4.78 is 16.2. The molecule has 21 heavy (non-hydrogen) atoms. The van der Waals surface area contributed by atoms with E-state index in [2.05, 4.69) is 5.32 Å². The number of methoxy groups -OCH3 is 1. The van der Waals surface area contributed by atoms with Crippen LogP contribution in [0.5, 0.6) is 5.75 Å². The van der Waals surface area contributed by atoms with Crippen molar-refractivity contribution in [2.75, 3.05) is 16.9 Å². The summed E-state index contributed by atoms with van der Waals surface area (Å²) in [4.78, 5) is 23.2. The first-order chi connectivity index (χ1) is 10.2. The fourth-order valence-corrected chi connectivity index (χ4v) is 2.40. The summed E-state index contributed by atoms with van der Waals surface area (Å²) in [6, 6.07) is 4.62. The third-order valence-corrected chi connectivity index (χ3v) is 3.73. The average Bonchev–Trinajstić information content (AvgIpc) is 2.96. The summed E-state index contributed by atoms with van der Waals surface area (Å²) in [6.07, 6.45) is 1.49. The highest BCUT2D eigenvalue weighted by Gasteiger charge is 2.20. The van der Waals surface area contributed by atoms with Crippen LogP contribution in [-0.2, 0) is 4.79 Å².